The van der Waals surface area contributed by atoms with Gasteiger partial charge in [-0.25, -0.2) is 4.79 Å². The number of hydrogen-bond donors (Lipinski definition) is 3. The number of urea groups is 1. The molecule has 0 aliphatic heterocycles. The van der Waals surface area contributed by atoms with Crippen molar-refractivity contribution in [2.45, 2.75) is 47.1 Å². The van der Waals surface area contributed by atoms with Crippen molar-refractivity contribution in [3.05, 3.63) is 17.0 Å². The van der Waals surface area contributed by atoms with Crippen LogP contribution in [0.4, 0.5) is 4.79 Å². The van der Waals surface area contributed by atoms with Gasteiger partial charge in [-0.05, 0) is 25.7 Å². The average Bonchev–Trinajstić information content (AvgIpc) is 2.66. The highest BCUT2D eigenvalue weighted by Gasteiger charge is 2.22. The minimum absolute atomic E-state index is 0.237. The van der Waals surface area contributed by atoms with Crippen molar-refractivity contribution in [1.29, 1.82) is 0 Å². The summed E-state index contributed by atoms with van der Waals surface area (Å²) in [5.74, 6) is 0.785. The van der Waals surface area contributed by atoms with E-state index in [0.29, 0.717) is 13.0 Å². The fraction of sp³-hybridized carbons (Fsp3) is 0.714. The lowest BCUT2D eigenvalue weighted by Gasteiger charge is -2.25. The van der Waals surface area contributed by atoms with E-state index in [1.165, 1.54) is 0 Å². The Labute approximate surface area is 119 Å². The van der Waals surface area contributed by atoms with Crippen molar-refractivity contribution >= 4 is 6.03 Å². The predicted molar refractivity (Wildman–Crippen MR) is 76.5 cm³/mol. The molecule has 1 rings (SSSR count). The molecule has 0 spiro atoms. The summed E-state index contributed by atoms with van der Waals surface area (Å²) in [5.41, 5.74) is 1.64. The number of carbonyl (C=O) groups excluding carboxylic acids is 1. The van der Waals surface area contributed by atoms with Crippen LogP contribution in [0.2, 0.25) is 0 Å². The maximum Gasteiger partial charge on any atom is 0.314 e. The first-order valence-electron chi connectivity index (χ1n) is 6.83. The van der Waals surface area contributed by atoms with Gasteiger partial charge in [0.25, 0.3) is 0 Å². The molecule has 0 aromatic carbocycles. The third kappa shape index (κ3) is 4.85. The second-order valence-electron chi connectivity index (χ2n) is 6.07. The monoisotopic (exact) mass is 283 g/mol. The molecule has 0 aliphatic rings. The normalized spacial score (nSPS) is 13.1. The molecule has 1 heterocycles. The minimum Gasteiger partial charge on any atom is -0.391 e. The van der Waals surface area contributed by atoms with Crippen LogP contribution in [0.25, 0.3) is 0 Å². The lowest BCUT2D eigenvalue weighted by atomic mass is 9.89. The van der Waals surface area contributed by atoms with E-state index in [-0.39, 0.29) is 18.0 Å². The summed E-state index contributed by atoms with van der Waals surface area (Å²) in [6, 6.07) is -0.278. The Balaban J connectivity index is 2.28. The Kier molecular flexibility index (Phi) is 5.56. The van der Waals surface area contributed by atoms with Gasteiger partial charge in [0.2, 0.25) is 0 Å². The SMILES string of the molecule is Cc1noc(C)c1CCNC(=O)NCC(O)C(C)(C)C. The molecule has 114 valence electrons. The molecule has 0 saturated carbocycles. The second kappa shape index (κ2) is 6.74. The van der Waals surface area contributed by atoms with Gasteiger partial charge in [-0.3, -0.25) is 0 Å². The van der Waals surface area contributed by atoms with E-state index in [1.54, 1.807) is 0 Å². The highest BCUT2D eigenvalue weighted by atomic mass is 16.5. The summed E-state index contributed by atoms with van der Waals surface area (Å²) >= 11 is 0. The maximum atomic E-state index is 11.6. The van der Waals surface area contributed by atoms with Crippen molar-refractivity contribution in [2.24, 2.45) is 5.41 Å². The lowest BCUT2D eigenvalue weighted by molar-refractivity contribution is 0.0650. The summed E-state index contributed by atoms with van der Waals surface area (Å²) in [6.45, 7) is 10.2. The summed E-state index contributed by atoms with van der Waals surface area (Å²) in [7, 11) is 0. The zero-order valence-corrected chi connectivity index (χ0v) is 12.9. The smallest absolute Gasteiger partial charge is 0.314 e. The number of aliphatic hydroxyl groups is 1. The first kappa shape index (κ1) is 16.5. The molecule has 1 unspecified atom stereocenters. The molecular formula is C14H25N3O3. The number of hydrogen-bond acceptors (Lipinski definition) is 4. The molecule has 1 aromatic rings. The highest BCUT2D eigenvalue weighted by molar-refractivity contribution is 5.73. The molecule has 2 amide bonds. The van der Waals surface area contributed by atoms with Crippen molar-refractivity contribution in [1.82, 2.24) is 15.8 Å². The fourth-order valence-electron chi connectivity index (χ4n) is 1.72. The zero-order valence-electron chi connectivity index (χ0n) is 12.9. The van der Waals surface area contributed by atoms with Crippen LogP contribution in [-0.4, -0.2) is 35.5 Å². The maximum absolute atomic E-state index is 11.6. The quantitative estimate of drug-likeness (QED) is 0.765. The summed E-state index contributed by atoms with van der Waals surface area (Å²) < 4.78 is 5.06. The molecule has 0 fully saturated rings. The van der Waals surface area contributed by atoms with E-state index >= 15 is 0 Å². The van der Waals surface area contributed by atoms with Gasteiger partial charge in [0.1, 0.15) is 5.76 Å². The van der Waals surface area contributed by atoms with Gasteiger partial charge in [-0.1, -0.05) is 25.9 Å². The molecule has 6 nitrogen and oxygen atoms in total. The van der Waals surface area contributed by atoms with E-state index < -0.39 is 6.10 Å². The summed E-state index contributed by atoms with van der Waals surface area (Å²) in [5, 5.41) is 19.1. The van der Waals surface area contributed by atoms with Crippen LogP contribution in [0.15, 0.2) is 4.52 Å². The van der Waals surface area contributed by atoms with Crippen LogP contribution in [0.1, 0.15) is 37.8 Å². The van der Waals surface area contributed by atoms with Gasteiger partial charge < -0.3 is 20.3 Å². The Morgan fingerprint density at radius 3 is 2.50 bits per heavy atom. The Bertz CT molecular complexity index is 430. The van der Waals surface area contributed by atoms with Crippen LogP contribution in [0.3, 0.4) is 0 Å². The van der Waals surface area contributed by atoms with E-state index in [0.717, 1.165) is 17.0 Å². The van der Waals surface area contributed by atoms with Gasteiger partial charge >= 0.3 is 6.03 Å². The number of aromatic nitrogens is 1. The standard InChI is InChI=1S/C14H25N3O3/c1-9-11(10(2)20-17-9)6-7-15-13(19)16-8-12(18)14(3,4)5/h12,18H,6-8H2,1-5H3,(H2,15,16,19). The second-order valence-corrected chi connectivity index (χ2v) is 6.07. The first-order valence-corrected chi connectivity index (χ1v) is 6.83. The van der Waals surface area contributed by atoms with Crippen LogP contribution in [0.5, 0.6) is 0 Å². The van der Waals surface area contributed by atoms with Gasteiger partial charge in [-0.2, -0.15) is 0 Å². The van der Waals surface area contributed by atoms with Gasteiger partial charge in [-0.15, -0.1) is 0 Å². The number of amides is 2. The Hall–Kier alpha value is -1.56. The summed E-state index contributed by atoms with van der Waals surface area (Å²) in [4.78, 5) is 11.6. The number of rotatable bonds is 5. The molecule has 0 aliphatic carbocycles. The topological polar surface area (TPSA) is 87.4 Å². The largest absolute Gasteiger partial charge is 0.391 e. The van der Waals surface area contributed by atoms with E-state index in [2.05, 4.69) is 15.8 Å². The molecule has 0 bridgehead atoms. The number of carbonyl (C=O) groups is 1. The fourth-order valence-corrected chi connectivity index (χ4v) is 1.72. The number of aryl methyl sites for hydroxylation is 2. The van der Waals surface area contributed by atoms with Gasteiger partial charge in [0.05, 0.1) is 11.8 Å². The Morgan fingerprint density at radius 2 is 2.00 bits per heavy atom. The molecule has 3 N–H and O–H groups in total. The number of aliphatic hydroxyl groups excluding tert-OH is 1. The average molecular weight is 283 g/mol. The van der Waals surface area contributed by atoms with E-state index in [1.807, 2.05) is 34.6 Å². The van der Waals surface area contributed by atoms with Crippen molar-refractivity contribution in [3.63, 3.8) is 0 Å². The van der Waals surface area contributed by atoms with Gasteiger partial charge in [0, 0.05) is 18.7 Å². The third-order valence-corrected chi connectivity index (χ3v) is 3.30. The summed E-state index contributed by atoms with van der Waals surface area (Å²) in [6.07, 6.45) is 0.104. The van der Waals surface area contributed by atoms with Crippen LogP contribution in [0, 0.1) is 19.3 Å². The van der Waals surface area contributed by atoms with Gasteiger partial charge in [0.15, 0.2) is 0 Å². The Morgan fingerprint density at radius 1 is 1.35 bits per heavy atom. The van der Waals surface area contributed by atoms with Crippen LogP contribution >= 0.6 is 0 Å². The molecule has 20 heavy (non-hydrogen) atoms. The minimum atomic E-state index is -0.573. The van der Waals surface area contributed by atoms with Crippen molar-refractivity contribution in [3.8, 4) is 0 Å². The molecular weight excluding hydrogens is 258 g/mol. The molecule has 6 heteroatoms. The number of nitrogens with one attached hydrogen (secondary N) is 2. The lowest BCUT2D eigenvalue weighted by Crippen LogP contribution is -2.44. The molecule has 0 radical (unpaired) electrons. The predicted octanol–water partition coefficient (Wildman–Crippen LogP) is 1.54. The van der Waals surface area contributed by atoms with E-state index in [4.69, 9.17) is 4.52 Å². The van der Waals surface area contributed by atoms with Crippen molar-refractivity contribution in [2.75, 3.05) is 13.1 Å². The van der Waals surface area contributed by atoms with Crippen LogP contribution < -0.4 is 10.6 Å². The zero-order chi connectivity index (χ0) is 15.3. The van der Waals surface area contributed by atoms with E-state index in [9.17, 15) is 9.90 Å². The highest BCUT2D eigenvalue weighted by Crippen LogP contribution is 2.18. The molecule has 0 saturated heterocycles. The first-order chi connectivity index (χ1) is 9.21. The third-order valence-electron chi connectivity index (χ3n) is 3.30. The molecule has 1 aromatic heterocycles. The molecule has 1 atom stereocenters. The van der Waals surface area contributed by atoms with Crippen molar-refractivity contribution < 1.29 is 14.4 Å². The number of nitrogens with zero attached hydrogens (tertiary/aromatic N) is 1. The van der Waals surface area contributed by atoms with Crippen LogP contribution in [-0.2, 0) is 6.42 Å².